The van der Waals surface area contributed by atoms with Gasteiger partial charge >= 0.3 is 6.61 Å². The van der Waals surface area contributed by atoms with Gasteiger partial charge in [-0.25, -0.2) is 0 Å². The Morgan fingerprint density at radius 3 is 2.40 bits per heavy atom. The standard InChI is InChI=1S/C9H6Br2F2O2/c1-4(14)5-2-7(11)8(3-6(5)10)15-9(12)13/h2-3,9H,1H3. The molecule has 1 aromatic carbocycles. The largest absolute Gasteiger partial charge is 0.434 e. The van der Waals surface area contributed by atoms with Crippen LogP contribution in [0, 0.1) is 0 Å². The molecule has 1 aromatic rings. The minimum Gasteiger partial charge on any atom is -0.434 e. The van der Waals surface area contributed by atoms with Crippen LogP contribution in [0.4, 0.5) is 8.78 Å². The average Bonchev–Trinajstić information content (AvgIpc) is 2.09. The van der Waals surface area contributed by atoms with E-state index in [-0.39, 0.29) is 11.5 Å². The van der Waals surface area contributed by atoms with Crippen LogP contribution in [0.1, 0.15) is 17.3 Å². The lowest BCUT2D eigenvalue weighted by atomic mass is 10.1. The predicted molar refractivity (Wildman–Crippen MR) is 58.5 cm³/mol. The molecular formula is C9H6Br2F2O2. The van der Waals surface area contributed by atoms with Crippen molar-refractivity contribution in [2.75, 3.05) is 0 Å². The molecular weight excluding hydrogens is 338 g/mol. The maximum absolute atomic E-state index is 12.0. The molecule has 0 amide bonds. The smallest absolute Gasteiger partial charge is 0.387 e. The summed E-state index contributed by atoms with van der Waals surface area (Å²) in [6, 6.07) is 2.76. The number of Topliss-reactive ketones (excluding diaryl/α,β-unsaturated/α-hetero) is 1. The maximum Gasteiger partial charge on any atom is 0.387 e. The second-order valence-electron chi connectivity index (χ2n) is 2.70. The van der Waals surface area contributed by atoms with Crippen LogP contribution in [0.25, 0.3) is 0 Å². The van der Waals surface area contributed by atoms with E-state index >= 15 is 0 Å². The van der Waals surface area contributed by atoms with E-state index in [1.54, 1.807) is 0 Å². The van der Waals surface area contributed by atoms with Crippen LogP contribution in [-0.2, 0) is 0 Å². The van der Waals surface area contributed by atoms with Gasteiger partial charge in [-0.3, -0.25) is 4.79 Å². The molecule has 0 aliphatic rings. The Hall–Kier alpha value is -0.490. The summed E-state index contributed by atoms with van der Waals surface area (Å²) in [5.74, 6) is -0.173. The first kappa shape index (κ1) is 12.6. The minimum atomic E-state index is -2.89. The molecule has 0 aromatic heterocycles. The molecule has 0 aliphatic carbocycles. The van der Waals surface area contributed by atoms with Gasteiger partial charge in [0.25, 0.3) is 0 Å². The summed E-state index contributed by atoms with van der Waals surface area (Å²) in [6.07, 6.45) is 0. The van der Waals surface area contributed by atoms with E-state index in [1.807, 2.05) is 0 Å². The Labute approximate surface area is 102 Å². The van der Waals surface area contributed by atoms with Gasteiger partial charge in [-0.2, -0.15) is 8.78 Å². The Kier molecular flexibility index (Phi) is 4.21. The molecule has 0 atom stereocenters. The van der Waals surface area contributed by atoms with E-state index in [1.165, 1.54) is 19.1 Å². The van der Waals surface area contributed by atoms with Gasteiger partial charge < -0.3 is 4.74 Å². The number of hydrogen-bond donors (Lipinski definition) is 0. The molecule has 0 spiro atoms. The van der Waals surface area contributed by atoms with E-state index in [9.17, 15) is 13.6 Å². The van der Waals surface area contributed by atoms with Crippen LogP contribution in [0.2, 0.25) is 0 Å². The Balaban J connectivity index is 3.13. The summed E-state index contributed by atoms with van der Waals surface area (Å²) in [5, 5.41) is 0. The highest BCUT2D eigenvalue weighted by molar-refractivity contribution is 9.11. The number of ether oxygens (including phenoxy) is 1. The monoisotopic (exact) mass is 342 g/mol. The van der Waals surface area contributed by atoms with Gasteiger partial charge in [-0.1, -0.05) is 0 Å². The van der Waals surface area contributed by atoms with Gasteiger partial charge in [0, 0.05) is 10.0 Å². The number of hydrogen-bond acceptors (Lipinski definition) is 2. The molecule has 82 valence electrons. The molecule has 2 nitrogen and oxygen atoms in total. The number of carbonyl (C=O) groups is 1. The van der Waals surface area contributed by atoms with E-state index in [2.05, 4.69) is 36.6 Å². The highest BCUT2D eigenvalue weighted by Crippen LogP contribution is 2.32. The van der Waals surface area contributed by atoms with E-state index < -0.39 is 6.61 Å². The SMILES string of the molecule is CC(=O)c1cc(Br)c(OC(F)F)cc1Br. The van der Waals surface area contributed by atoms with Crippen molar-refractivity contribution >= 4 is 37.6 Å². The second kappa shape index (κ2) is 5.03. The molecule has 6 heteroatoms. The molecule has 0 N–H and O–H groups in total. The first-order valence-corrected chi connectivity index (χ1v) is 5.45. The average molecular weight is 344 g/mol. The third-order valence-electron chi connectivity index (χ3n) is 1.62. The third kappa shape index (κ3) is 3.24. The van der Waals surface area contributed by atoms with Crippen molar-refractivity contribution in [3.8, 4) is 5.75 Å². The van der Waals surface area contributed by atoms with Crippen LogP contribution in [-0.4, -0.2) is 12.4 Å². The minimum absolute atomic E-state index is 0.0122. The highest BCUT2D eigenvalue weighted by atomic mass is 79.9. The molecule has 0 saturated heterocycles. The predicted octanol–water partition coefficient (Wildman–Crippen LogP) is 4.02. The van der Waals surface area contributed by atoms with Crippen molar-refractivity contribution in [3.63, 3.8) is 0 Å². The fourth-order valence-electron chi connectivity index (χ4n) is 0.985. The molecule has 0 saturated carbocycles. The maximum atomic E-state index is 12.0. The number of alkyl halides is 2. The summed E-state index contributed by atoms with van der Waals surface area (Å²) in [7, 11) is 0. The Morgan fingerprint density at radius 2 is 1.93 bits per heavy atom. The van der Waals surface area contributed by atoms with Gasteiger partial charge in [-0.05, 0) is 50.9 Å². The van der Waals surface area contributed by atoms with Crippen LogP contribution in [0.5, 0.6) is 5.75 Å². The third-order valence-corrected chi connectivity index (χ3v) is 2.89. The fourth-order valence-corrected chi connectivity index (χ4v) is 2.02. The zero-order valence-electron chi connectivity index (χ0n) is 7.56. The number of ketones is 1. The molecule has 0 radical (unpaired) electrons. The lowest BCUT2D eigenvalue weighted by Crippen LogP contribution is -2.03. The Bertz CT molecular complexity index is 394. The number of benzene rings is 1. The number of rotatable bonds is 3. The zero-order valence-corrected chi connectivity index (χ0v) is 10.7. The molecule has 0 fully saturated rings. The first-order chi connectivity index (χ1) is 6.91. The first-order valence-electron chi connectivity index (χ1n) is 3.86. The van der Waals surface area contributed by atoms with Crippen LogP contribution >= 0.6 is 31.9 Å². The topological polar surface area (TPSA) is 26.3 Å². The van der Waals surface area contributed by atoms with Gasteiger partial charge in [0.2, 0.25) is 0 Å². The lowest BCUT2D eigenvalue weighted by molar-refractivity contribution is -0.0503. The molecule has 0 aliphatic heterocycles. The number of halogens is 4. The summed E-state index contributed by atoms with van der Waals surface area (Å²) in [4.78, 5) is 11.1. The summed E-state index contributed by atoms with van der Waals surface area (Å²) in [5.41, 5.74) is 0.406. The molecule has 0 heterocycles. The van der Waals surface area contributed by atoms with E-state index in [0.29, 0.717) is 14.5 Å². The highest BCUT2D eigenvalue weighted by Gasteiger charge is 2.13. The van der Waals surface area contributed by atoms with Crippen molar-refractivity contribution in [1.82, 2.24) is 0 Å². The Morgan fingerprint density at radius 1 is 1.33 bits per heavy atom. The van der Waals surface area contributed by atoms with Crippen molar-refractivity contribution in [3.05, 3.63) is 26.6 Å². The van der Waals surface area contributed by atoms with E-state index in [4.69, 9.17) is 0 Å². The lowest BCUT2D eigenvalue weighted by Gasteiger charge is -2.09. The van der Waals surface area contributed by atoms with Crippen LogP contribution in [0.15, 0.2) is 21.1 Å². The van der Waals surface area contributed by atoms with Crippen molar-refractivity contribution in [2.24, 2.45) is 0 Å². The van der Waals surface area contributed by atoms with Crippen molar-refractivity contribution in [1.29, 1.82) is 0 Å². The van der Waals surface area contributed by atoms with Gasteiger partial charge in [0.15, 0.2) is 5.78 Å². The second-order valence-corrected chi connectivity index (χ2v) is 4.41. The van der Waals surface area contributed by atoms with Gasteiger partial charge in [0.1, 0.15) is 5.75 Å². The van der Waals surface area contributed by atoms with Gasteiger partial charge in [0.05, 0.1) is 4.47 Å². The number of carbonyl (C=O) groups excluding carboxylic acids is 1. The quantitative estimate of drug-likeness (QED) is 0.775. The van der Waals surface area contributed by atoms with Gasteiger partial charge in [-0.15, -0.1) is 0 Å². The molecule has 15 heavy (non-hydrogen) atoms. The van der Waals surface area contributed by atoms with Crippen LogP contribution in [0.3, 0.4) is 0 Å². The molecule has 1 rings (SSSR count). The summed E-state index contributed by atoms with van der Waals surface area (Å²) < 4.78 is 28.9. The van der Waals surface area contributed by atoms with Crippen LogP contribution < -0.4 is 4.74 Å². The zero-order chi connectivity index (χ0) is 11.6. The normalized spacial score (nSPS) is 10.5. The summed E-state index contributed by atoms with van der Waals surface area (Å²) in [6.45, 7) is -1.50. The van der Waals surface area contributed by atoms with E-state index in [0.717, 1.165) is 0 Å². The summed E-state index contributed by atoms with van der Waals surface area (Å²) >= 11 is 6.15. The fraction of sp³-hybridized carbons (Fsp3) is 0.222. The molecule has 0 bridgehead atoms. The van der Waals surface area contributed by atoms with Crippen molar-refractivity contribution in [2.45, 2.75) is 13.5 Å². The molecule has 0 unspecified atom stereocenters. The van der Waals surface area contributed by atoms with Crippen molar-refractivity contribution < 1.29 is 18.3 Å².